The summed E-state index contributed by atoms with van der Waals surface area (Å²) in [6, 6.07) is -0.00472. The number of benzene rings is 1. The molecule has 1 saturated heterocycles. The second kappa shape index (κ2) is 7.89. The standard InChI is InChI=1S/C21H24F4N4O2/c1-21(2,25)20-27-19(28-31-20)18-10-3-4-13(6-10)29(18)17(30)8-12(26)5-11-7-15(23)16(24)9-14(11)22/h7,9-10,12-13,18H,3-6,8,26H2,1-2H3/t10-,12+,13-,18-/m0/s1. The molecule has 2 fully saturated rings. The summed E-state index contributed by atoms with van der Waals surface area (Å²) < 4.78 is 59.7. The van der Waals surface area contributed by atoms with Gasteiger partial charge in [-0.05, 0) is 57.1 Å². The molecule has 4 atom stereocenters. The van der Waals surface area contributed by atoms with Crippen molar-refractivity contribution in [3.63, 3.8) is 0 Å². The largest absolute Gasteiger partial charge is 0.336 e. The SMILES string of the molecule is CC(C)(F)c1nc([C@@H]2[C@H]3CC[C@@H](C3)N2C(=O)C[C@H](N)Cc2cc(F)c(F)cc2F)no1. The Hall–Kier alpha value is -2.49. The second-order valence-electron chi connectivity index (χ2n) is 8.93. The molecule has 168 valence electrons. The Labute approximate surface area is 176 Å². The van der Waals surface area contributed by atoms with Crippen LogP contribution < -0.4 is 5.73 Å². The van der Waals surface area contributed by atoms with Crippen molar-refractivity contribution in [1.29, 1.82) is 0 Å². The van der Waals surface area contributed by atoms with Crippen molar-refractivity contribution in [3.05, 3.63) is 46.9 Å². The molecular formula is C21H24F4N4O2. The lowest BCUT2D eigenvalue weighted by Gasteiger charge is -2.34. The summed E-state index contributed by atoms with van der Waals surface area (Å²) >= 11 is 0. The van der Waals surface area contributed by atoms with Gasteiger partial charge in [-0.15, -0.1) is 0 Å². The van der Waals surface area contributed by atoms with Crippen molar-refractivity contribution >= 4 is 5.91 Å². The van der Waals surface area contributed by atoms with Gasteiger partial charge in [0.1, 0.15) is 5.82 Å². The van der Waals surface area contributed by atoms with Gasteiger partial charge in [0.25, 0.3) is 5.89 Å². The number of carbonyl (C=O) groups excluding carboxylic acids is 1. The zero-order chi connectivity index (χ0) is 22.5. The molecule has 4 rings (SSSR count). The van der Waals surface area contributed by atoms with Gasteiger partial charge in [-0.2, -0.15) is 4.98 Å². The number of nitrogens with zero attached hydrogens (tertiary/aromatic N) is 3. The monoisotopic (exact) mass is 440 g/mol. The Morgan fingerprint density at radius 2 is 1.97 bits per heavy atom. The zero-order valence-corrected chi connectivity index (χ0v) is 17.2. The number of likely N-dealkylation sites (tertiary alicyclic amines) is 1. The molecule has 0 radical (unpaired) electrons. The van der Waals surface area contributed by atoms with Crippen LogP contribution in [0, 0.1) is 23.4 Å². The predicted molar refractivity (Wildman–Crippen MR) is 102 cm³/mol. The van der Waals surface area contributed by atoms with E-state index >= 15 is 0 Å². The van der Waals surface area contributed by atoms with Gasteiger partial charge in [0.05, 0.1) is 6.04 Å². The van der Waals surface area contributed by atoms with Gasteiger partial charge in [0.15, 0.2) is 23.1 Å². The molecule has 2 heterocycles. The van der Waals surface area contributed by atoms with Gasteiger partial charge in [0.2, 0.25) is 5.91 Å². The Morgan fingerprint density at radius 3 is 2.65 bits per heavy atom. The molecule has 1 aromatic heterocycles. The van der Waals surface area contributed by atoms with Crippen molar-refractivity contribution < 1.29 is 26.9 Å². The van der Waals surface area contributed by atoms with E-state index in [9.17, 15) is 22.4 Å². The number of amides is 1. The first kappa shape index (κ1) is 21.7. The highest BCUT2D eigenvalue weighted by Gasteiger charge is 2.50. The first-order valence-electron chi connectivity index (χ1n) is 10.3. The van der Waals surface area contributed by atoms with Crippen LogP contribution in [0.3, 0.4) is 0 Å². The Morgan fingerprint density at radius 1 is 1.26 bits per heavy atom. The quantitative estimate of drug-likeness (QED) is 0.547. The maximum absolute atomic E-state index is 14.2. The second-order valence-corrected chi connectivity index (χ2v) is 8.93. The normalized spacial score (nSPS) is 24.1. The fourth-order valence-corrected chi connectivity index (χ4v) is 4.68. The molecule has 1 aliphatic carbocycles. The number of fused-ring (bicyclic) bond motifs is 2. The smallest absolute Gasteiger partial charge is 0.263 e. The van der Waals surface area contributed by atoms with E-state index in [1.54, 1.807) is 4.90 Å². The highest BCUT2D eigenvalue weighted by molar-refractivity contribution is 5.78. The minimum atomic E-state index is -1.80. The van der Waals surface area contributed by atoms with Crippen LogP contribution in [0.4, 0.5) is 17.6 Å². The topological polar surface area (TPSA) is 85.2 Å². The summed E-state index contributed by atoms with van der Waals surface area (Å²) in [6.07, 6.45) is 2.28. The molecule has 31 heavy (non-hydrogen) atoms. The lowest BCUT2D eigenvalue weighted by Crippen LogP contribution is -2.43. The van der Waals surface area contributed by atoms with Crippen LogP contribution in [-0.2, 0) is 16.9 Å². The van der Waals surface area contributed by atoms with Crippen LogP contribution >= 0.6 is 0 Å². The molecule has 2 N–H and O–H groups in total. The van der Waals surface area contributed by atoms with Crippen molar-refractivity contribution in [2.75, 3.05) is 0 Å². The molecule has 1 aliphatic heterocycles. The third kappa shape index (κ3) is 4.17. The average Bonchev–Trinajstić information content (AvgIpc) is 3.40. The summed E-state index contributed by atoms with van der Waals surface area (Å²) in [4.78, 5) is 18.9. The van der Waals surface area contributed by atoms with E-state index in [2.05, 4.69) is 10.1 Å². The number of carbonyl (C=O) groups is 1. The molecule has 0 unspecified atom stereocenters. The maximum atomic E-state index is 14.2. The third-order valence-corrected chi connectivity index (χ3v) is 6.10. The zero-order valence-electron chi connectivity index (χ0n) is 17.2. The summed E-state index contributed by atoms with van der Waals surface area (Å²) in [5.41, 5.74) is 4.16. The molecule has 0 spiro atoms. The summed E-state index contributed by atoms with van der Waals surface area (Å²) in [5.74, 6) is -3.37. The summed E-state index contributed by atoms with van der Waals surface area (Å²) in [6.45, 7) is 2.62. The first-order valence-corrected chi connectivity index (χ1v) is 10.3. The molecule has 2 aromatic rings. The van der Waals surface area contributed by atoms with E-state index in [0.29, 0.717) is 6.07 Å². The number of halogens is 4. The van der Waals surface area contributed by atoms with Gasteiger partial charge in [-0.1, -0.05) is 5.16 Å². The minimum absolute atomic E-state index is 0.00459. The molecule has 10 heteroatoms. The van der Waals surface area contributed by atoms with E-state index < -0.39 is 35.2 Å². The number of rotatable bonds is 6. The van der Waals surface area contributed by atoms with Gasteiger partial charge in [-0.3, -0.25) is 4.79 Å². The van der Waals surface area contributed by atoms with E-state index in [4.69, 9.17) is 10.3 Å². The van der Waals surface area contributed by atoms with Crippen molar-refractivity contribution in [2.45, 2.75) is 69.7 Å². The average molecular weight is 440 g/mol. The number of alkyl halides is 1. The van der Waals surface area contributed by atoms with E-state index in [1.807, 2.05) is 0 Å². The lowest BCUT2D eigenvalue weighted by atomic mass is 9.96. The highest BCUT2D eigenvalue weighted by Crippen LogP contribution is 2.50. The van der Waals surface area contributed by atoms with Crippen molar-refractivity contribution in [2.24, 2.45) is 11.7 Å². The fourth-order valence-electron chi connectivity index (χ4n) is 4.68. The van der Waals surface area contributed by atoms with Gasteiger partial charge in [-0.25, -0.2) is 17.6 Å². The molecular weight excluding hydrogens is 416 g/mol. The molecule has 1 amide bonds. The number of hydrogen-bond acceptors (Lipinski definition) is 5. The van der Waals surface area contributed by atoms with E-state index in [1.165, 1.54) is 13.8 Å². The highest BCUT2D eigenvalue weighted by atomic mass is 19.2. The van der Waals surface area contributed by atoms with Crippen LogP contribution in [-0.4, -0.2) is 33.0 Å². The molecule has 6 nitrogen and oxygen atoms in total. The van der Waals surface area contributed by atoms with Gasteiger partial charge in [0, 0.05) is 24.6 Å². The summed E-state index contributed by atoms with van der Waals surface area (Å²) in [7, 11) is 0. The van der Waals surface area contributed by atoms with E-state index in [-0.39, 0.29) is 48.0 Å². The van der Waals surface area contributed by atoms with Crippen LogP contribution in [0.1, 0.15) is 62.9 Å². The Kier molecular flexibility index (Phi) is 5.53. The van der Waals surface area contributed by atoms with Crippen molar-refractivity contribution in [3.8, 4) is 0 Å². The third-order valence-electron chi connectivity index (χ3n) is 6.10. The molecule has 2 aliphatic rings. The fraction of sp³-hybridized carbons (Fsp3) is 0.571. The molecule has 1 aromatic carbocycles. The first-order chi connectivity index (χ1) is 14.5. The van der Waals surface area contributed by atoms with Crippen LogP contribution in [0.25, 0.3) is 0 Å². The van der Waals surface area contributed by atoms with E-state index in [0.717, 1.165) is 25.3 Å². The molecule has 2 bridgehead atoms. The number of nitrogens with two attached hydrogens (primary N) is 1. The van der Waals surface area contributed by atoms with Crippen LogP contribution in [0.15, 0.2) is 16.7 Å². The Bertz CT molecular complexity index is 990. The summed E-state index contributed by atoms with van der Waals surface area (Å²) in [5, 5.41) is 3.91. The maximum Gasteiger partial charge on any atom is 0.263 e. The van der Waals surface area contributed by atoms with Gasteiger partial charge >= 0.3 is 0 Å². The molecule has 1 saturated carbocycles. The van der Waals surface area contributed by atoms with Crippen LogP contribution in [0.5, 0.6) is 0 Å². The van der Waals surface area contributed by atoms with Gasteiger partial charge < -0.3 is 15.2 Å². The number of piperidine rings is 1. The van der Waals surface area contributed by atoms with Crippen LogP contribution in [0.2, 0.25) is 0 Å². The number of aromatic nitrogens is 2. The number of hydrogen-bond donors (Lipinski definition) is 1. The Balaban J connectivity index is 1.49. The lowest BCUT2D eigenvalue weighted by molar-refractivity contribution is -0.136. The minimum Gasteiger partial charge on any atom is -0.336 e. The van der Waals surface area contributed by atoms with Crippen molar-refractivity contribution in [1.82, 2.24) is 15.0 Å². The predicted octanol–water partition coefficient (Wildman–Crippen LogP) is 3.70.